The van der Waals surface area contributed by atoms with Gasteiger partial charge >= 0.3 is 11.9 Å². The number of carboxylic acid groups (broad SMARTS) is 2. The Morgan fingerprint density at radius 3 is 1.24 bits per heavy atom. The van der Waals surface area contributed by atoms with Crippen molar-refractivity contribution in [2.75, 3.05) is 13.1 Å². The Labute approximate surface area is 199 Å². The molecule has 34 heavy (non-hydrogen) atoms. The Hall–Kier alpha value is -2.20. The number of carboxylic acids is 2. The molecule has 192 valence electrons. The minimum atomic E-state index is -0.994. The highest BCUT2D eigenvalue weighted by atomic mass is 16.4. The van der Waals surface area contributed by atoms with Gasteiger partial charge in [-0.05, 0) is 76.0 Å². The number of rotatable bonds is 8. The van der Waals surface area contributed by atoms with Gasteiger partial charge in [0.25, 0.3) is 0 Å². The van der Waals surface area contributed by atoms with Gasteiger partial charge in [-0.15, -0.1) is 0 Å². The van der Waals surface area contributed by atoms with Crippen LogP contribution < -0.4 is 10.6 Å². The zero-order valence-corrected chi connectivity index (χ0v) is 19.5. The molecule has 2 amide bonds. The lowest BCUT2D eigenvalue weighted by molar-refractivity contribution is -0.151. The van der Waals surface area contributed by atoms with Gasteiger partial charge in [0.1, 0.15) is 0 Å². The van der Waals surface area contributed by atoms with E-state index in [1.54, 1.807) is 0 Å². The predicted octanol–water partition coefficient (Wildman–Crippen LogP) is 0.749. The molecular formula is C24H38N2O8. The van der Waals surface area contributed by atoms with Gasteiger partial charge in [-0.1, -0.05) is 0 Å². The van der Waals surface area contributed by atoms with E-state index in [-0.39, 0.29) is 36.5 Å². The highest BCUT2D eigenvalue weighted by molar-refractivity contribution is 5.85. The van der Waals surface area contributed by atoms with E-state index < -0.39 is 47.8 Å². The second-order valence-electron chi connectivity index (χ2n) is 10.4. The highest BCUT2D eigenvalue weighted by Crippen LogP contribution is 2.33. The largest absolute Gasteiger partial charge is 0.481 e. The number of nitrogens with one attached hydrogen (secondary N) is 2. The summed E-state index contributed by atoms with van der Waals surface area (Å²) in [6.45, 7) is 0.939. The van der Waals surface area contributed by atoms with Crippen molar-refractivity contribution in [2.24, 2.45) is 35.5 Å². The van der Waals surface area contributed by atoms with Crippen LogP contribution in [0.2, 0.25) is 0 Å². The maximum absolute atomic E-state index is 12.6. The Morgan fingerprint density at radius 1 is 0.559 bits per heavy atom. The molecule has 0 radical (unpaired) electrons. The van der Waals surface area contributed by atoms with E-state index in [1.165, 1.54) is 0 Å². The quantitative estimate of drug-likeness (QED) is 0.294. The Morgan fingerprint density at radius 2 is 0.912 bits per heavy atom. The molecule has 0 aromatic carbocycles. The molecule has 0 saturated heterocycles. The van der Waals surface area contributed by atoms with E-state index in [0.717, 1.165) is 25.7 Å². The van der Waals surface area contributed by atoms with Crippen LogP contribution in [0, 0.1) is 35.5 Å². The predicted molar refractivity (Wildman–Crippen MR) is 120 cm³/mol. The third kappa shape index (κ3) is 6.91. The van der Waals surface area contributed by atoms with Gasteiger partial charge in [0.15, 0.2) is 0 Å². The summed E-state index contributed by atoms with van der Waals surface area (Å²) in [6.07, 6.45) is 3.97. The van der Waals surface area contributed by atoms with Gasteiger partial charge in [-0.2, -0.15) is 0 Å². The molecule has 0 aromatic heterocycles. The van der Waals surface area contributed by atoms with Crippen molar-refractivity contribution >= 4 is 23.8 Å². The number of hydrogen-bond acceptors (Lipinski definition) is 6. The minimum absolute atomic E-state index is 0.177. The topological polar surface area (TPSA) is 173 Å². The zero-order chi connectivity index (χ0) is 24.8. The van der Waals surface area contributed by atoms with Crippen LogP contribution in [-0.4, -0.2) is 69.5 Å². The van der Waals surface area contributed by atoms with E-state index in [9.17, 15) is 39.6 Å². The SMILES string of the molecule is O=C(O)C1CCC(O)CC1C(=O)NCC1CCC(CNC(=O)C2CC(O)CCC2C(=O)O)CC1. The van der Waals surface area contributed by atoms with Crippen LogP contribution in [0.1, 0.15) is 64.2 Å². The maximum atomic E-state index is 12.6. The molecule has 6 atom stereocenters. The molecule has 6 unspecified atom stereocenters. The second-order valence-corrected chi connectivity index (χ2v) is 10.4. The molecule has 10 heteroatoms. The van der Waals surface area contributed by atoms with Crippen LogP contribution >= 0.6 is 0 Å². The number of aliphatic hydroxyl groups is 2. The fourth-order valence-corrected chi connectivity index (χ4v) is 5.86. The average molecular weight is 483 g/mol. The van der Waals surface area contributed by atoms with Crippen molar-refractivity contribution in [3.05, 3.63) is 0 Å². The van der Waals surface area contributed by atoms with E-state index in [1.807, 2.05) is 0 Å². The van der Waals surface area contributed by atoms with Gasteiger partial charge in [-0.3, -0.25) is 19.2 Å². The minimum Gasteiger partial charge on any atom is -0.481 e. The molecule has 3 saturated carbocycles. The second kappa shape index (κ2) is 12.0. The average Bonchev–Trinajstić information content (AvgIpc) is 2.81. The summed E-state index contributed by atoms with van der Waals surface area (Å²) in [4.78, 5) is 48.1. The van der Waals surface area contributed by atoms with Crippen LogP contribution in [0.15, 0.2) is 0 Å². The third-order valence-corrected chi connectivity index (χ3v) is 8.05. The molecule has 3 rings (SSSR count). The van der Waals surface area contributed by atoms with Crippen LogP contribution in [0.4, 0.5) is 0 Å². The van der Waals surface area contributed by atoms with Crippen molar-refractivity contribution in [1.29, 1.82) is 0 Å². The van der Waals surface area contributed by atoms with Gasteiger partial charge in [-0.25, -0.2) is 0 Å². The molecular weight excluding hydrogens is 444 g/mol. The van der Waals surface area contributed by atoms with Crippen molar-refractivity contribution in [1.82, 2.24) is 10.6 Å². The molecule has 3 aliphatic rings. The molecule has 0 bridgehead atoms. The normalized spacial score (nSPS) is 36.3. The van der Waals surface area contributed by atoms with Gasteiger partial charge in [0.2, 0.25) is 11.8 Å². The standard InChI is InChI=1S/C24H38N2O8/c27-15-5-7-17(23(31)32)19(9-15)21(29)25-11-13-1-2-14(4-3-13)12-26-22(30)20-10-16(28)6-8-18(20)24(33)34/h13-20,27-28H,1-12H2,(H,25,29)(H,26,30)(H,31,32)(H,33,34). The first kappa shape index (κ1) is 26.4. The first-order valence-corrected chi connectivity index (χ1v) is 12.5. The van der Waals surface area contributed by atoms with E-state index in [0.29, 0.717) is 38.8 Å². The fraction of sp³-hybridized carbons (Fsp3) is 0.833. The lowest BCUT2D eigenvalue weighted by atomic mass is 9.77. The smallest absolute Gasteiger partial charge is 0.307 e. The summed E-state index contributed by atoms with van der Waals surface area (Å²) >= 11 is 0. The first-order valence-electron chi connectivity index (χ1n) is 12.5. The number of amides is 2. The molecule has 10 nitrogen and oxygen atoms in total. The van der Waals surface area contributed by atoms with Crippen LogP contribution in [-0.2, 0) is 19.2 Å². The monoisotopic (exact) mass is 482 g/mol. The number of carbonyl (C=O) groups is 4. The third-order valence-electron chi connectivity index (χ3n) is 8.05. The fourth-order valence-electron chi connectivity index (χ4n) is 5.86. The van der Waals surface area contributed by atoms with E-state index >= 15 is 0 Å². The lowest BCUT2D eigenvalue weighted by Gasteiger charge is -2.33. The number of hydrogen-bond donors (Lipinski definition) is 6. The summed E-state index contributed by atoms with van der Waals surface area (Å²) in [7, 11) is 0. The van der Waals surface area contributed by atoms with Crippen molar-refractivity contribution in [3.8, 4) is 0 Å². The molecule has 0 heterocycles. The molecule has 3 aliphatic carbocycles. The van der Waals surface area contributed by atoms with Gasteiger partial charge in [0, 0.05) is 13.1 Å². The Balaban J connectivity index is 1.39. The van der Waals surface area contributed by atoms with Crippen molar-refractivity contribution in [2.45, 2.75) is 76.4 Å². The molecule has 0 aromatic rings. The zero-order valence-electron chi connectivity index (χ0n) is 19.5. The highest BCUT2D eigenvalue weighted by Gasteiger charge is 2.40. The van der Waals surface area contributed by atoms with Crippen LogP contribution in [0.5, 0.6) is 0 Å². The van der Waals surface area contributed by atoms with Crippen molar-refractivity contribution in [3.63, 3.8) is 0 Å². The summed E-state index contributed by atoms with van der Waals surface area (Å²) in [6, 6.07) is 0. The van der Waals surface area contributed by atoms with E-state index in [2.05, 4.69) is 10.6 Å². The summed E-state index contributed by atoms with van der Waals surface area (Å²) in [5.41, 5.74) is 0. The summed E-state index contributed by atoms with van der Waals surface area (Å²) in [5, 5.41) is 44.3. The van der Waals surface area contributed by atoms with Gasteiger partial charge < -0.3 is 31.1 Å². The number of carbonyl (C=O) groups excluding carboxylic acids is 2. The lowest BCUT2D eigenvalue weighted by Crippen LogP contribution is -2.45. The first-order chi connectivity index (χ1) is 16.2. The molecule has 3 fully saturated rings. The number of aliphatic hydroxyl groups excluding tert-OH is 2. The Kier molecular flexibility index (Phi) is 9.30. The Bertz CT molecular complexity index is 689. The summed E-state index contributed by atoms with van der Waals surface area (Å²) < 4.78 is 0. The van der Waals surface area contributed by atoms with Crippen LogP contribution in [0.25, 0.3) is 0 Å². The number of aliphatic carboxylic acids is 2. The van der Waals surface area contributed by atoms with E-state index in [4.69, 9.17) is 0 Å². The maximum Gasteiger partial charge on any atom is 0.307 e. The summed E-state index contributed by atoms with van der Waals surface area (Å²) in [5.74, 6) is -4.97. The van der Waals surface area contributed by atoms with Crippen molar-refractivity contribution < 1.29 is 39.6 Å². The van der Waals surface area contributed by atoms with Crippen LogP contribution in [0.3, 0.4) is 0 Å². The molecule has 6 N–H and O–H groups in total. The van der Waals surface area contributed by atoms with Gasteiger partial charge in [0.05, 0.1) is 35.9 Å². The molecule has 0 aliphatic heterocycles. The molecule has 0 spiro atoms.